The Balaban J connectivity index is 1.73. The van der Waals surface area contributed by atoms with Crippen LogP contribution in [0.15, 0.2) is 59.5 Å². The molecule has 0 saturated carbocycles. The third-order valence-corrected chi connectivity index (χ3v) is 4.22. The lowest BCUT2D eigenvalue weighted by Crippen LogP contribution is -2.29. The van der Waals surface area contributed by atoms with E-state index in [1.54, 1.807) is 18.3 Å². The molecule has 0 spiro atoms. The maximum absolute atomic E-state index is 12.7. The molecule has 4 aromatic rings. The van der Waals surface area contributed by atoms with Gasteiger partial charge in [0, 0.05) is 17.1 Å². The standard InChI is InChI=1S/C19H14N4O4/c24-16(25)10-21-18(26)11-5-7-12(8-6-11)23-19(27)14-9-20-15-4-2-1-3-13(15)17(14)22-23/h1-9,22H,10H2,(H,21,26)(H,24,25). The molecule has 4 rings (SSSR count). The molecule has 2 aromatic carbocycles. The van der Waals surface area contributed by atoms with Crippen molar-refractivity contribution in [2.24, 2.45) is 0 Å². The van der Waals surface area contributed by atoms with Crippen LogP contribution in [0.1, 0.15) is 10.4 Å². The molecule has 27 heavy (non-hydrogen) atoms. The van der Waals surface area contributed by atoms with E-state index in [2.05, 4.69) is 15.4 Å². The van der Waals surface area contributed by atoms with Crippen LogP contribution in [-0.2, 0) is 4.79 Å². The minimum atomic E-state index is -1.12. The summed E-state index contributed by atoms with van der Waals surface area (Å²) in [6.07, 6.45) is 1.54. The number of nitrogens with zero attached hydrogens (tertiary/aromatic N) is 2. The lowest BCUT2D eigenvalue weighted by atomic mass is 10.2. The van der Waals surface area contributed by atoms with E-state index in [9.17, 15) is 14.4 Å². The van der Waals surface area contributed by atoms with Gasteiger partial charge in [0.05, 0.1) is 22.1 Å². The molecule has 0 fully saturated rings. The molecule has 0 bridgehead atoms. The van der Waals surface area contributed by atoms with Crippen molar-refractivity contribution in [3.05, 3.63) is 70.6 Å². The number of carboxylic acid groups (broad SMARTS) is 1. The van der Waals surface area contributed by atoms with Crippen molar-refractivity contribution in [2.75, 3.05) is 6.54 Å². The summed E-state index contributed by atoms with van der Waals surface area (Å²) in [6, 6.07) is 13.8. The second-order valence-electron chi connectivity index (χ2n) is 5.94. The van der Waals surface area contributed by atoms with Crippen LogP contribution in [0.5, 0.6) is 0 Å². The molecule has 134 valence electrons. The fraction of sp³-hybridized carbons (Fsp3) is 0.0526. The highest BCUT2D eigenvalue weighted by Gasteiger charge is 2.13. The average molecular weight is 362 g/mol. The van der Waals surface area contributed by atoms with Crippen LogP contribution in [-0.4, -0.2) is 38.3 Å². The Morgan fingerprint density at radius 2 is 1.81 bits per heavy atom. The zero-order valence-electron chi connectivity index (χ0n) is 14.0. The lowest BCUT2D eigenvalue weighted by molar-refractivity contribution is -0.135. The van der Waals surface area contributed by atoms with Gasteiger partial charge in [-0.2, -0.15) is 0 Å². The summed E-state index contributed by atoms with van der Waals surface area (Å²) < 4.78 is 1.39. The van der Waals surface area contributed by atoms with Crippen molar-refractivity contribution in [1.82, 2.24) is 20.1 Å². The predicted octanol–water partition coefficient (Wildman–Crippen LogP) is 1.68. The third-order valence-electron chi connectivity index (χ3n) is 4.22. The number of amides is 1. The van der Waals surface area contributed by atoms with Crippen molar-refractivity contribution in [1.29, 1.82) is 0 Å². The topological polar surface area (TPSA) is 117 Å². The Morgan fingerprint density at radius 3 is 2.56 bits per heavy atom. The number of carboxylic acids is 1. The highest BCUT2D eigenvalue weighted by Crippen LogP contribution is 2.20. The van der Waals surface area contributed by atoms with Crippen molar-refractivity contribution >= 4 is 33.7 Å². The van der Waals surface area contributed by atoms with Crippen LogP contribution >= 0.6 is 0 Å². The molecule has 0 aliphatic heterocycles. The number of nitrogens with one attached hydrogen (secondary N) is 2. The zero-order chi connectivity index (χ0) is 19.0. The van der Waals surface area contributed by atoms with E-state index in [1.165, 1.54) is 16.8 Å². The van der Waals surface area contributed by atoms with Gasteiger partial charge in [0.25, 0.3) is 11.5 Å². The summed E-state index contributed by atoms with van der Waals surface area (Å²) in [5.74, 6) is -1.62. The Bertz CT molecular complexity index is 1240. The first kappa shape index (κ1) is 16.5. The zero-order valence-corrected chi connectivity index (χ0v) is 14.0. The van der Waals surface area contributed by atoms with Gasteiger partial charge in [-0.25, -0.2) is 4.68 Å². The third kappa shape index (κ3) is 2.93. The van der Waals surface area contributed by atoms with E-state index < -0.39 is 18.4 Å². The maximum atomic E-state index is 12.7. The van der Waals surface area contributed by atoms with Gasteiger partial charge in [-0.3, -0.25) is 24.5 Å². The average Bonchev–Trinajstić information content (AvgIpc) is 3.03. The number of H-pyrrole nitrogens is 1. The van der Waals surface area contributed by atoms with E-state index in [0.717, 1.165) is 10.9 Å². The first-order chi connectivity index (χ1) is 13.0. The Kier molecular flexibility index (Phi) is 3.92. The second kappa shape index (κ2) is 6.41. The highest BCUT2D eigenvalue weighted by atomic mass is 16.4. The quantitative estimate of drug-likeness (QED) is 0.511. The van der Waals surface area contributed by atoms with E-state index in [-0.39, 0.29) is 5.56 Å². The van der Waals surface area contributed by atoms with Crippen LogP contribution in [0, 0.1) is 0 Å². The van der Waals surface area contributed by atoms with Gasteiger partial charge in [-0.1, -0.05) is 18.2 Å². The molecule has 2 aromatic heterocycles. The SMILES string of the molecule is O=C(O)CNC(=O)c1ccc(-n2[nH]c3c(cnc4ccccc43)c2=O)cc1. The molecule has 0 unspecified atom stereocenters. The monoisotopic (exact) mass is 362 g/mol. The molecule has 8 nitrogen and oxygen atoms in total. The predicted molar refractivity (Wildman–Crippen MR) is 99.2 cm³/mol. The van der Waals surface area contributed by atoms with Crippen LogP contribution in [0.3, 0.4) is 0 Å². The number of aromatic amines is 1. The van der Waals surface area contributed by atoms with Crippen LogP contribution in [0.4, 0.5) is 0 Å². The van der Waals surface area contributed by atoms with E-state index >= 15 is 0 Å². The minimum absolute atomic E-state index is 0.244. The summed E-state index contributed by atoms with van der Waals surface area (Å²) in [5.41, 5.74) is 2.08. The van der Waals surface area contributed by atoms with Gasteiger partial charge in [0.15, 0.2) is 0 Å². The highest BCUT2D eigenvalue weighted by molar-refractivity contribution is 6.02. The van der Waals surface area contributed by atoms with Crippen molar-refractivity contribution in [3.63, 3.8) is 0 Å². The van der Waals surface area contributed by atoms with Crippen LogP contribution in [0.2, 0.25) is 0 Å². The fourth-order valence-electron chi connectivity index (χ4n) is 2.91. The van der Waals surface area contributed by atoms with Gasteiger partial charge in [0.2, 0.25) is 0 Å². The Labute approximate surface area is 152 Å². The Hall–Kier alpha value is -3.94. The summed E-state index contributed by atoms with van der Waals surface area (Å²) >= 11 is 0. The maximum Gasteiger partial charge on any atom is 0.322 e. The largest absolute Gasteiger partial charge is 0.480 e. The Morgan fingerprint density at radius 1 is 1.07 bits per heavy atom. The number of hydrogen-bond donors (Lipinski definition) is 3. The summed E-state index contributed by atoms with van der Waals surface area (Å²) in [4.78, 5) is 39.5. The molecule has 8 heteroatoms. The van der Waals surface area contributed by atoms with Gasteiger partial charge in [0.1, 0.15) is 6.54 Å². The minimum Gasteiger partial charge on any atom is -0.480 e. The summed E-state index contributed by atoms with van der Waals surface area (Å²) in [5, 5.41) is 15.3. The number of aromatic nitrogens is 3. The number of carbonyl (C=O) groups is 2. The first-order valence-electron chi connectivity index (χ1n) is 8.13. The summed E-state index contributed by atoms with van der Waals surface area (Å²) in [6.45, 7) is -0.456. The molecule has 1 amide bonds. The number of carbonyl (C=O) groups excluding carboxylic acids is 1. The van der Waals surface area contributed by atoms with Gasteiger partial charge in [-0.05, 0) is 30.3 Å². The van der Waals surface area contributed by atoms with Gasteiger partial charge >= 0.3 is 5.97 Å². The number of rotatable bonds is 4. The van der Waals surface area contributed by atoms with Crippen molar-refractivity contribution in [2.45, 2.75) is 0 Å². The molecule has 0 atom stereocenters. The fourth-order valence-corrected chi connectivity index (χ4v) is 2.91. The number of hydrogen-bond acceptors (Lipinski definition) is 4. The van der Waals surface area contributed by atoms with Crippen LogP contribution in [0.25, 0.3) is 27.5 Å². The number of aliphatic carboxylic acids is 1. The number of fused-ring (bicyclic) bond motifs is 3. The van der Waals surface area contributed by atoms with Gasteiger partial charge in [-0.15, -0.1) is 0 Å². The first-order valence-corrected chi connectivity index (χ1v) is 8.13. The van der Waals surface area contributed by atoms with E-state index in [1.807, 2.05) is 24.3 Å². The van der Waals surface area contributed by atoms with Crippen molar-refractivity contribution in [3.8, 4) is 5.69 Å². The molecular formula is C19H14N4O4. The molecular weight excluding hydrogens is 348 g/mol. The molecule has 0 saturated heterocycles. The van der Waals surface area contributed by atoms with Crippen LogP contribution < -0.4 is 10.9 Å². The number of pyridine rings is 1. The molecule has 2 heterocycles. The van der Waals surface area contributed by atoms with Gasteiger partial charge < -0.3 is 10.4 Å². The summed E-state index contributed by atoms with van der Waals surface area (Å²) in [7, 11) is 0. The second-order valence-corrected chi connectivity index (χ2v) is 5.94. The smallest absolute Gasteiger partial charge is 0.322 e. The molecule has 0 aliphatic rings. The molecule has 0 aliphatic carbocycles. The molecule has 0 radical (unpaired) electrons. The molecule has 3 N–H and O–H groups in total. The van der Waals surface area contributed by atoms with E-state index in [4.69, 9.17) is 5.11 Å². The number of para-hydroxylation sites is 1. The van der Waals surface area contributed by atoms with Crippen molar-refractivity contribution < 1.29 is 14.7 Å². The van der Waals surface area contributed by atoms with E-state index in [0.29, 0.717) is 22.2 Å². The lowest BCUT2D eigenvalue weighted by Gasteiger charge is -2.05. The number of benzene rings is 2. The normalized spacial score (nSPS) is 11.0.